The standard InChI is InChI=1S/C20H18BrN3O4/c1-24-18(20(26)27-2)16(11-22-24)23-19(25)14-9-7-13(8-10-14)12-28-17-6-4-3-5-15(17)21/h3-11H,12H2,1-2H3,(H,23,25). The number of aryl methyl sites for hydroxylation is 1. The van der Waals surface area contributed by atoms with Gasteiger partial charge in [-0.3, -0.25) is 9.48 Å². The Labute approximate surface area is 170 Å². The zero-order chi connectivity index (χ0) is 20.1. The van der Waals surface area contributed by atoms with Gasteiger partial charge in [0.25, 0.3) is 5.91 Å². The van der Waals surface area contributed by atoms with Crippen LogP contribution < -0.4 is 10.1 Å². The van der Waals surface area contributed by atoms with E-state index in [-0.39, 0.29) is 11.6 Å². The number of rotatable bonds is 6. The van der Waals surface area contributed by atoms with E-state index in [1.807, 2.05) is 36.4 Å². The van der Waals surface area contributed by atoms with Gasteiger partial charge in [-0.15, -0.1) is 0 Å². The highest BCUT2D eigenvalue weighted by Gasteiger charge is 2.19. The molecule has 3 aromatic rings. The van der Waals surface area contributed by atoms with Crippen LogP contribution in [0.15, 0.2) is 59.2 Å². The molecule has 1 aromatic heterocycles. The number of carbonyl (C=O) groups is 2. The molecule has 144 valence electrons. The normalized spacial score (nSPS) is 10.4. The average Bonchev–Trinajstić information content (AvgIpc) is 3.07. The Balaban J connectivity index is 1.66. The molecule has 1 heterocycles. The van der Waals surface area contributed by atoms with Gasteiger partial charge in [0, 0.05) is 12.6 Å². The van der Waals surface area contributed by atoms with Crippen LogP contribution in [0.2, 0.25) is 0 Å². The molecule has 0 radical (unpaired) electrons. The van der Waals surface area contributed by atoms with Crippen LogP contribution >= 0.6 is 15.9 Å². The maximum absolute atomic E-state index is 12.5. The van der Waals surface area contributed by atoms with Crippen molar-refractivity contribution in [2.24, 2.45) is 7.05 Å². The lowest BCUT2D eigenvalue weighted by Crippen LogP contribution is -2.16. The first-order valence-corrected chi connectivity index (χ1v) is 9.17. The molecule has 1 amide bonds. The van der Waals surface area contributed by atoms with E-state index in [1.54, 1.807) is 19.2 Å². The summed E-state index contributed by atoms with van der Waals surface area (Å²) in [4.78, 5) is 24.3. The van der Waals surface area contributed by atoms with Crippen molar-refractivity contribution < 1.29 is 19.1 Å². The fraction of sp³-hybridized carbons (Fsp3) is 0.150. The number of hydrogen-bond donors (Lipinski definition) is 1. The summed E-state index contributed by atoms with van der Waals surface area (Å²) in [5, 5.41) is 6.67. The third-order valence-corrected chi connectivity index (χ3v) is 4.67. The van der Waals surface area contributed by atoms with E-state index in [2.05, 4.69) is 26.3 Å². The van der Waals surface area contributed by atoms with Crippen LogP contribution in [0.5, 0.6) is 5.75 Å². The Morgan fingerprint density at radius 3 is 2.54 bits per heavy atom. The van der Waals surface area contributed by atoms with Crippen LogP contribution in [-0.2, 0) is 18.4 Å². The largest absolute Gasteiger partial charge is 0.488 e. The van der Waals surface area contributed by atoms with Gasteiger partial charge in [-0.25, -0.2) is 4.79 Å². The Morgan fingerprint density at radius 2 is 1.86 bits per heavy atom. The van der Waals surface area contributed by atoms with Crippen molar-refractivity contribution in [2.75, 3.05) is 12.4 Å². The lowest BCUT2D eigenvalue weighted by atomic mass is 10.1. The number of nitrogens with zero attached hydrogens (tertiary/aromatic N) is 2. The molecule has 0 fully saturated rings. The van der Waals surface area contributed by atoms with Gasteiger partial charge in [-0.1, -0.05) is 24.3 Å². The number of anilines is 1. The molecule has 0 saturated carbocycles. The third kappa shape index (κ3) is 4.40. The van der Waals surface area contributed by atoms with Crippen LogP contribution in [0.1, 0.15) is 26.4 Å². The smallest absolute Gasteiger partial charge is 0.358 e. The molecule has 1 N–H and O–H groups in total. The van der Waals surface area contributed by atoms with Gasteiger partial charge in [0.05, 0.1) is 23.5 Å². The molecular formula is C20H18BrN3O4. The lowest BCUT2D eigenvalue weighted by molar-refractivity contribution is 0.0589. The Hall–Kier alpha value is -3.13. The van der Waals surface area contributed by atoms with Crippen LogP contribution in [0.25, 0.3) is 0 Å². The Morgan fingerprint density at radius 1 is 1.14 bits per heavy atom. The number of esters is 1. The molecule has 0 bridgehead atoms. The van der Waals surface area contributed by atoms with E-state index < -0.39 is 5.97 Å². The highest BCUT2D eigenvalue weighted by atomic mass is 79.9. The number of carbonyl (C=O) groups excluding carboxylic acids is 2. The molecule has 0 spiro atoms. The summed E-state index contributed by atoms with van der Waals surface area (Å²) < 4.78 is 12.7. The highest BCUT2D eigenvalue weighted by molar-refractivity contribution is 9.10. The number of benzene rings is 2. The molecule has 8 heteroatoms. The summed E-state index contributed by atoms with van der Waals surface area (Å²) in [6, 6.07) is 14.6. The topological polar surface area (TPSA) is 82.4 Å². The fourth-order valence-electron chi connectivity index (χ4n) is 2.54. The highest BCUT2D eigenvalue weighted by Crippen LogP contribution is 2.24. The van der Waals surface area contributed by atoms with Gasteiger partial charge in [0.1, 0.15) is 12.4 Å². The van der Waals surface area contributed by atoms with Crippen molar-refractivity contribution in [1.82, 2.24) is 9.78 Å². The molecule has 3 rings (SSSR count). The van der Waals surface area contributed by atoms with E-state index in [0.29, 0.717) is 17.9 Å². The van der Waals surface area contributed by atoms with E-state index in [9.17, 15) is 9.59 Å². The molecular weight excluding hydrogens is 426 g/mol. The summed E-state index contributed by atoms with van der Waals surface area (Å²) in [5.74, 6) is -0.178. The van der Waals surface area contributed by atoms with Crippen LogP contribution in [0.3, 0.4) is 0 Å². The maximum Gasteiger partial charge on any atom is 0.358 e. The number of ether oxygens (including phenoxy) is 2. The van der Waals surface area contributed by atoms with Crippen molar-refractivity contribution in [3.63, 3.8) is 0 Å². The minimum Gasteiger partial charge on any atom is -0.488 e. The van der Waals surface area contributed by atoms with E-state index in [0.717, 1.165) is 15.8 Å². The minimum absolute atomic E-state index is 0.175. The average molecular weight is 444 g/mol. The number of halogens is 1. The second-order valence-corrected chi connectivity index (χ2v) is 6.75. The Kier molecular flexibility index (Phi) is 6.10. The third-order valence-electron chi connectivity index (χ3n) is 4.01. The number of methoxy groups -OCH3 is 1. The first kappa shape index (κ1) is 19.6. The van der Waals surface area contributed by atoms with E-state index >= 15 is 0 Å². The van der Waals surface area contributed by atoms with Gasteiger partial charge < -0.3 is 14.8 Å². The Bertz CT molecular complexity index is 999. The summed E-state index contributed by atoms with van der Waals surface area (Å²) in [7, 11) is 2.87. The molecule has 2 aromatic carbocycles. The summed E-state index contributed by atoms with van der Waals surface area (Å²) >= 11 is 3.44. The molecule has 0 unspecified atom stereocenters. The fourth-order valence-corrected chi connectivity index (χ4v) is 2.94. The van der Waals surface area contributed by atoms with Crippen LogP contribution in [-0.4, -0.2) is 28.8 Å². The second kappa shape index (κ2) is 8.71. The quantitative estimate of drug-likeness (QED) is 0.585. The van der Waals surface area contributed by atoms with Crippen molar-refractivity contribution in [3.05, 3.63) is 76.0 Å². The SMILES string of the molecule is COC(=O)c1c(NC(=O)c2ccc(COc3ccccc3Br)cc2)cnn1C. The maximum atomic E-state index is 12.5. The van der Waals surface area contributed by atoms with Gasteiger partial charge in [-0.05, 0) is 45.8 Å². The number of nitrogens with one attached hydrogen (secondary N) is 1. The lowest BCUT2D eigenvalue weighted by Gasteiger charge is -2.09. The zero-order valence-corrected chi connectivity index (χ0v) is 16.9. The van der Waals surface area contributed by atoms with Crippen molar-refractivity contribution in [1.29, 1.82) is 0 Å². The minimum atomic E-state index is -0.574. The summed E-state index contributed by atoms with van der Waals surface area (Å²) in [6.07, 6.45) is 1.41. The molecule has 28 heavy (non-hydrogen) atoms. The van der Waals surface area contributed by atoms with E-state index in [1.165, 1.54) is 18.0 Å². The zero-order valence-electron chi connectivity index (χ0n) is 15.3. The van der Waals surface area contributed by atoms with Gasteiger partial charge in [0.2, 0.25) is 0 Å². The number of hydrogen-bond acceptors (Lipinski definition) is 5. The molecule has 7 nitrogen and oxygen atoms in total. The predicted octanol–water partition coefficient (Wildman–Crippen LogP) is 3.80. The number of amides is 1. The van der Waals surface area contributed by atoms with Crippen LogP contribution in [0.4, 0.5) is 5.69 Å². The van der Waals surface area contributed by atoms with Gasteiger partial charge in [0.15, 0.2) is 5.69 Å². The molecule has 0 saturated heterocycles. The predicted molar refractivity (Wildman–Crippen MR) is 107 cm³/mol. The van der Waals surface area contributed by atoms with Crippen molar-refractivity contribution in [2.45, 2.75) is 6.61 Å². The van der Waals surface area contributed by atoms with Crippen molar-refractivity contribution in [3.8, 4) is 5.75 Å². The first-order valence-electron chi connectivity index (χ1n) is 8.37. The number of aromatic nitrogens is 2. The molecule has 0 aliphatic carbocycles. The molecule has 0 aliphatic heterocycles. The van der Waals surface area contributed by atoms with Gasteiger partial charge >= 0.3 is 5.97 Å². The number of para-hydroxylation sites is 1. The van der Waals surface area contributed by atoms with E-state index in [4.69, 9.17) is 9.47 Å². The molecule has 0 atom stereocenters. The summed E-state index contributed by atoms with van der Waals surface area (Å²) in [5.41, 5.74) is 1.84. The first-order chi connectivity index (χ1) is 13.5. The van der Waals surface area contributed by atoms with Crippen molar-refractivity contribution >= 4 is 33.5 Å². The summed E-state index contributed by atoms with van der Waals surface area (Å²) in [6.45, 7) is 0.375. The monoisotopic (exact) mass is 443 g/mol. The second-order valence-electron chi connectivity index (χ2n) is 5.89. The van der Waals surface area contributed by atoms with Gasteiger partial charge in [-0.2, -0.15) is 5.10 Å². The van der Waals surface area contributed by atoms with Crippen LogP contribution in [0, 0.1) is 0 Å². The molecule has 0 aliphatic rings.